The van der Waals surface area contributed by atoms with E-state index in [4.69, 9.17) is 0 Å². The number of hydrogen-bond donors (Lipinski definition) is 0. The van der Waals surface area contributed by atoms with Crippen LogP contribution in [0.4, 0.5) is 0 Å². The van der Waals surface area contributed by atoms with E-state index >= 15 is 0 Å². The van der Waals surface area contributed by atoms with Gasteiger partial charge in [-0.3, -0.25) is 4.79 Å². The molecule has 0 aromatic rings. The Hall–Kier alpha value is -0.330. The minimum Gasteiger partial charge on any atom is -0.299 e. The van der Waals surface area contributed by atoms with Gasteiger partial charge in [0.05, 0.1) is 0 Å². The van der Waals surface area contributed by atoms with Crippen LogP contribution in [0.15, 0.2) is 0 Å². The number of ketones is 1. The maximum Gasteiger partial charge on any atom is 0.136 e. The largest absolute Gasteiger partial charge is 0.299 e. The summed E-state index contributed by atoms with van der Waals surface area (Å²) in [5, 5.41) is 0. The number of carbonyl (C=O) groups is 1. The molecule has 1 nitrogen and oxygen atoms in total. The molecule has 1 heteroatoms. The lowest BCUT2D eigenvalue weighted by Gasteiger charge is -2.33. The molecular weight excluding hydrogens is 124 g/mol. The smallest absolute Gasteiger partial charge is 0.136 e. The maximum atomic E-state index is 11.0. The fraction of sp³-hybridized carbons (Fsp3) is 0.889. The van der Waals surface area contributed by atoms with Crippen molar-refractivity contribution in [2.75, 3.05) is 0 Å². The van der Waals surface area contributed by atoms with Gasteiger partial charge in [-0.15, -0.1) is 0 Å². The van der Waals surface area contributed by atoms with E-state index in [9.17, 15) is 4.79 Å². The third kappa shape index (κ3) is 0.882. The third-order valence-electron chi connectivity index (χ3n) is 3.04. The molecule has 0 unspecified atom stereocenters. The van der Waals surface area contributed by atoms with E-state index in [0.717, 1.165) is 12.3 Å². The SMILES string of the molecule is O=C1C[C@@H]2CCCCC[C@@H]12. The average Bonchev–Trinajstić information content (AvgIpc) is 2.09. The van der Waals surface area contributed by atoms with Crippen molar-refractivity contribution >= 4 is 5.78 Å². The van der Waals surface area contributed by atoms with Crippen molar-refractivity contribution in [3.63, 3.8) is 0 Å². The first-order chi connectivity index (χ1) is 4.88. The van der Waals surface area contributed by atoms with Crippen molar-refractivity contribution in [2.45, 2.75) is 38.5 Å². The van der Waals surface area contributed by atoms with Crippen molar-refractivity contribution in [3.8, 4) is 0 Å². The molecule has 0 radical (unpaired) electrons. The quantitative estimate of drug-likeness (QED) is 0.501. The monoisotopic (exact) mass is 138 g/mol. The molecule has 10 heavy (non-hydrogen) atoms. The van der Waals surface area contributed by atoms with Crippen molar-refractivity contribution in [3.05, 3.63) is 0 Å². The third-order valence-corrected chi connectivity index (χ3v) is 3.04. The van der Waals surface area contributed by atoms with Gasteiger partial charge in [-0.05, 0) is 18.8 Å². The molecule has 0 aromatic heterocycles. The number of rotatable bonds is 0. The second-order valence-electron chi connectivity index (χ2n) is 3.68. The Balaban J connectivity index is 1.99. The first kappa shape index (κ1) is 6.38. The number of hydrogen-bond acceptors (Lipinski definition) is 1. The van der Waals surface area contributed by atoms with Gasteiger partial charge in [-0.25, -0.2) is 0 Å². The van der Waals surface area contributed by atoms with Crippen molar-refractivity contribution in [1.29, 1.82) is 0 Å². The number of fused-ring (bicyclic) bond motifs is 1. The summed E-state index contributed by atoms with van der Waals surface area (Å²) < 4.78 is 0. The highest BCUT2D eigenvalue weighted by Crippen LogP contribution is 2.40. The Morgan fingerprint density at radius 3 is 2.70 bits per heavy atom. The molecule has 0 spiro atoms. The van der Waals surface area contributed by atoms with Gasteiger partial charge in [0, 0.05) is 12.3 Å². The standard InChI is InChI=1S/C9H14O/c10-9-6-7-4-2-1-3-5-8(7)9/h7-8H,1-6H2/t7-,8+/m0/s1. The summed E-state index contributed by atoms with van der Waals surface area (Å²) in [6.45, 7) is 0. The molecule has 0 aliphatic heterocycles. The average molecular weight is 138 g/mol. The molecule has 0 amide bonds. The van der Waals surface area contributed by atoms with E-state index in [2.05, 4.69) is 0 Å². The Kier molecular flexibility index (Phi) is 1.51. The van der Waals surface area contributed by atoms with Gasteiger partial charge in [0.2, 0.25) is 0 Å². The first-order valence-corrected chi connectivity index (χ1v) is 4.40. The van der Waals surface area contributed by atoms with Gasteiger partial charge in [0.1, 0.15) is 5.78 Å². The predicted molar refractivity (Wildman–Crippen MR) is 39.7 cm³/mol. The lowest BCUT2D eigenvalue weighted by atomic mass is 9.70. The van der Waals surface area contributed by atoms with E-state index in [1.54, 1.807) is 0 Å². The Bertz CT molecular complexity index is 151. The summed E-state index contributed by atoms with van der Waals surface area (Å²) in [6, 6.07) is 0. The Morgan fingerprint density at radius 2 is 1.90 bits per heavy atom. The van der Waals surface area contributed by atoms with Gasteiger partial charge in [-0.2, -0.15) is 0 Å². The molecule has 0 heterocycles. The molecule has 0 saturated heterocycles. The molecule has 2 atom stereocenters. The van der Waals surface area contributed by atoms with Crippen molar-refractivity contribution < 1.29 is 4.79 Å². The van der Waals surface area contributed by atoms with Gasteiger partial charge in [0.15, 0.2) is 0 Å². The number of carbonyl (C=O) groups excluding carboxylic acids is 1. The molecule has 2 rings (SSSR count). The van der Waals surface area contributed by atoms with Gasteiger partial charge in [-0.1, -0.05) is 19.3 Å². The van der Waals surface area contributed by atoms with E-state index in [0.29, 0.717) is 11.7 Å². The molecule has 2 aliphatic rings. The van der Waals surface area contributed by atoms with Gasteiger partial charge in [0.25, 0.3) is 0 Å². The second-order valence-corrected chi connectivity index (χ2v) is 3.68. The summed E-state index contributed by atoms with van der Waals surface area (Å²) >= 11 is 0. The van der Waals surface area contributed by atoms with E-state index < -0.39 is 0 Å². The normalized spacial score (nSPS) is 39.8. The number of Topliss-reactive ketones (excluding diaryl/α,β-unsaturated/α-hetero) is 1. The van der Waals surface area contributed by atoms with Crippen LogP contribution in [0.5, 0.6) is 0 Å². The van der Waals surface area contributed by atoms with Crippen LogP contribution in [0, 0.1) is 11.8 Å². The van der Waals surface area contributed by atoms with Gasteiger partial charge >= 0.3 is 0 Å². The van der Waals surface area contributed by atoms with Crippen LogP contribution in [0.2, 0.25) is 0 Å². The van der Waals surface area contributed by atoms with Crippen LogP contribution < -0.4 is 0 Å². The highest BCUT2D eigenvalue weighted by molar-refractivity contribution is 5.87. The minimum atomic E-state index is 0.502. The summed E-state index contributed by atoms with van der Waals surface area (Å²) in [4.78, 5) is 11.0. The van der Waals surface area contributed by atoms with Crippen LogP contribution in [-0.2, 0) is 4.79 Å². The Morgan fingerprint density at radius 1 is 1.10 bits per heavy atom. The summed E-state index contributed by atoms with van der Waals surface area (Å²) in [5.74, 6) is 1.85. The van der Waals surface area contributed by atoms with Crippen LogP contribution in [0.3, 0.4) is 0 Å². The maximum absolute atomic E-state index is 11.0. The predicted octanol–water partition coefficient (Wildman–Crippen LogP) is 2.16. The minimum absolute atomic E-state index is 0.502. The first-order valence-electron chi connectivity index (χ1n) is 4.40. The molecule has 0 bridgehead atoms. The summed E-state index contributed by atoms with van der Waals surface area (Å²) in [5.41, 5.74) is 0. The zero-order valence-electron chi connectivity index (χ0n) is 6.31. The molecule has 0 aromatic carbocycles. The highest BCUT2D eigenvalue weighted by Gasteiger charge is 2.39. The van der Waals surface area contributed by atoms with Crippen LogP contribution in [0.25, 0.3) is 0 Å². The molecule has 2 saturated carbocycles. The lowest BCUT2D eigenvalue weighted by molar-refractivity contribution is -0.134. The van der Waals surface area contributed by atoms with Crippen LogP contribution in [0.1, 0.15) is 38.5 Å². The van der Waals surface area contributed by atoms with Crippen molar-refractivity contribution in [1.82, 2.24) is 0 Å². The van der Waals surface area contributed by atoms with E-state index in [1.165, 1.54) is 32.1 Å². The zero-order chi connectivity index (χ0) is 6.97. The molecule has 0 N–H and O–H groups in total. The second kappa shape index (κ2) is 2.37. The summed E-state index contributed by atoms with van der Waals surface area (Å²) in [7, 11) is 0. The molecule has 2 aliphatic carbocycles. The fourth-order valence-corrected chi connectivity index (χ4v) is 2.30. The van der Waals surface area contributed by atoms with Crippen molar-refractivity contribution in [2.24, 2.45) is 11.8 Å². The van der Waals surface area contributed by atoms with E-state index in [1.807, 2.05) is 0 Å². The molecule has 2 fully saturated rings. The summed E-state index contributed by atoms with van der Waals surface area (Å²) in [6.07, 6.45) is 7.46. The molecular formula is C9H14O. The highest BCUT2D eigenvalue weighted by atomic mass is 16.1. The topological polar surface area (TPSA) is 17.1 Å². The Labute approximate surface area is 61.8 Å². The van der Waals surface area contributed by atoms with Crippen LogP contribution in [-0.4, -0.2) is 5.78 Å². The lowest BCUT2D eigenvalue weighted by Crippen LogP contribution is -2.35. The molecule has 56 valence electrons. The van der Waals surface area contributed by atoms with E-state index in [-0.39, 0.29) is 0 Å². The fourth-order valence-electron chi connectivity index (χ4n) is 2.30. The zero-order valence-corrected chi connectivity index (χ0v) is 6.31. The van der Waals surface area contributed by atoms with Gasteiger partial charge < -0.3 is 0 Å². The van der Waals surface area contributed by atoms with Crippen LogP contribution >= 0.6 is 0 Å².